The molecule has 5 heteroatoms. The van der Waals surface area contributed by atoms with Gasteiger partial charge in [0.25, 0.3) is 0 Å². The average Bonchev–Trinajstić information content (AvgIpc) is 3.02. The van der Waals surface area contributed by atoms with Crippen LogP contribution in [0.2, 0.25) is 0 Å². The fraction of sp³-hybridized carbons (Fsp3) is 0.286. The first-order valence-corrected chi connectivity index (χ1v) is 7.00. The van der Waals surface area contributed by atoms with E-state index < -0.39 is 0 Å². The zero-order chi connectivity index (χ0) is 14.1. The molecular weight excluding hydrogens is 260 g/mol. The van der Waals surface area contributed by atoms with Crippen LogP contribution in [0.1, 0.15) is 46.7 Å². The number of hydrogen-bond acceptors (Lipinski definition) is 5. The van der Waals surface area contributed by atoms with Crippen molar-refractivity contribution in [3.8, 4) is 0 Å². The van der Waals surface area contributed by atoms with Crippen molar-refractivity contribution in [2.75, 3.05) is 0 Å². The molecule has 2 aromatic rings. The van der Waals surface area contributed by atoms with Crippen molar-refractivity contribution in [2.24, 2.45) is 0 Å². The van der Waals surface area contributed by atoms with Gasteiger partial charge in [-0.05, 0) is 11.4 Å². The summed E-state index contributed by atoms with van der Waals surface area (Å²) in [6, 6.07) is 3.59. The van der Waals surface area contributed by atoms with Gasteiger partial charge in [0, 0.05) is 25.2 Å². The molecule has 0 aromatic carbocycles. The van der Waals surface area contributed by atoms with E-state index in [2.05, 4.69) is 9.97 Å². The van der Waals surface area contributed by atoms with Crippen LogP contribution >= 0.6 is 11.3 Å². The molecule has 2 rings (SSSR count). The number of hydrogen-bond donors (Lipinski definition) is 0. The molecule has 19 heavy (non-hydrogen) atoms. The van der Waals surface area contributed by atoms with E-state index in [4.69, 9.17) is 0 Å². The zero-order valence-corrected chi connectivity index (χ0v) is 11.8. The average molecular weight is 276 g/mol. The normalized spacial score (nSPS) is 9.37. The van der Waals surface area contributed by atoms with Gasteiger partial charge in [-0.15, -0.1) is 11.3 Å². The standard InChI is InChI=1S/C12H10N2O2S.C2H6/c15-10(9-6-13-8-14-7-9)3-4-11(16)12-2-1-5-17-12;1-2/h1-2,5-8H,3-4H2;1-2H3. The number of thiophene rings is 1. The van der Waals surface area contributed by atoms with Gasteiger partial charge in [0.1, 0.15) is 6.33 Å². The van der Waals surface area contributed by atoms with E-state index in [1.165, 1.54) is 30.1 Å². The lowest BCUT2D eigenvalue weighted by Gasteiger charge is -1.98. The van der Waals surface area contributed by atoms with E-state index in [1.54, 1.807) is 6.07 Å². The van der Waals surface area contributed by atoms with E-state index in [1.807, 2.05) is 25.3 Å². The van der Waals surface area contributed by atoms with E-state index in [0.29, 0.717) is 10.4 Å². The Labute approximate surface area is 116 Å². The lowest BCUT2D eigenvalue weighted by molar-refractivity contribution is 0.0919. The third-order valence-corrected chi connectivity index (χ3v) is 3.17. The molecule has 0 saturated carbocycles. The lowest BCUT2D eigenvalue weighted by atomic mass is 10.1. The molecule has 2 aromatic heterocycles. The second-order valence-corrected chi connectivity index (χ2v) is 4.40. The van der Waals surface area contributed by atoms with Gasteiger partial charge in [-0.2, -0.15) is 0 Å². The molecule has 100 valence electrons. The molecule has 0 fully saturated rings. The molecule has 0 aliphatic rings. The van der Waals surface area contributed by atoms with Crippen LogP contribution in [0.5, 0.6) is 0 Å². The van der Waals surface area contributed by atoms with Crippen LogP contribution in [0.3, 0.4) is 0 Å². The van der Waals surface area contributed by atoms with Crippen LogP contribution in [0.15, 0.2) is 36.2 Å². The Hall–Kier alpha value is -1.88. The third-order valence-electron chi connectivity index (χ3n) is 2.26. The minimum absolute atomic E-state index is 0.00481. The molecule has 0 atom stereocenters. The third kappa shape index (κ3) is 4.71. The summed E-state index contributed by atoms with van der Waals surface area (Å²) in [5, 5.41) is 1.85. The Kier molecular flexibility index (Phi) is 6.60. The molecule has 0 aliphatic carbocycles. The number of nitrogens with zero attached hydrogens (tertiary/aromatic N) is 2. The Bertz CT molecular complexity index is 510. The number of carbonyl (C=O) groups is 2. The SMILES string of the molecule is CC.O=C(CCC(=O)c1cccs1)c1cncnc1. The number of Topliss-reactive ketones (excluding diaryl/α,β-unsaturated/α-hetero) is 2. The summed E-state index contributed by atoms with van der Waals surface area (Å²) in [7, 11) is 0. The van der Waals surface area contributed by atoms with Crippen molar-refractivity contribution in [3.05, 3.63) is 46.7 Å². The highest BCUT2D eigenvalue weighted by Crippen LogP contribution is 2.13. The molecule has 0 saturated heterocycles. The quantitative estimate of drug-likeness (QED) is 0.785. The maximum atomic E-state index is 11.7. The lowest BCUT2D eigenvalue weighted by Crippen LogP contribution is -2.04. The van der Waals surface area contributed by atoms with Crippen LogP contribution in [0.25, 0.3) is 0 Å². The molecule has 0 unspecified atom stereocenters. The highest BCUT2D eigenvalue weighted by atomic mass is 32.1. The second kappa shape index (κ2) is 8.26. The number of rotatable bonds is 5. The smallest absolute Gasteiger partial charge is 0.173 e. The van der Waals surface area contributed by atoms with Crippen molar-refractivity contribution in [2.45, 2.75) is 26.7 Å². The molecule has 0 aliphatic heterocycles. The van der Waals surface area contributed by atoms with Gasteiger partial charge in [-0.3, -0.25) is 9.59 Å². The van der Waals surface area contributed by atoms with Crippen molar-refractivity contribution < 1.29 is 9.59 Å². The maximum Gasteiger partial charge on any atom is 0.173 e. The summed E-state index contributed by atoms with van der Waals surface area (Å²) in [5.41, 5.74) is 0.450. The Morgan fingerprint density at radius 1 is 1.11 bits per heavy atom. The van der Waals surface area contributed by atoms with Crippen LogP contribution in [-0.4, -0.2) is 21.5 Å². The molecule has 0 spiro atoms. The highest BCUT2D eigenvalue weighted by molar-refractivity contribution is 7.12. The Balaban J connectivity index is 0.000000861. The van der Waals surface area contributed by atoms with Gasteiger partial charge in [-0.1, -0.05) is 19.9 Å². The van der Waals surface area contributed by atoms with Crippen LogP contribution < -0.4 is 0 Å². The fourth-order valence-electron chi connectivity index (χ4n) is 1.37. The van der Waals surface area contributed by atoms with E-state index in [-0.39, 0.29) is 24.4 Å². The number of aromatic nitrogens is 2. The minimum Gasteiger partial charge on any atom is -0.294 e. The molecular formula is C14H16N2O2S. The van der Waals surface area contributed by atoms with Crippen LogP contribution in [0.4, 0.5) is 0 Å². The first-order valence-electron chi connectivity index (χ1n) is 6.12. The van der Waals surface area contributed by atoms with E-state index >= 15 is 0 Å². The van der Waals surface area contributed by atoms with Gasteiger partial charge in [-0.25, -0.2) is 9.97 Å². The maximum absolute atomic E-state index is 11.7. The van der Waals surface area contributed by atoms with Crippen LogP contribution in [-0.2, 0) is 0 Å². The van der Waals surface area contributed by atoms with Gasteiger partial charge in [0.2, 0.25) is 0 Å². The summed E-state index contributed by atoms with van der Waals surface area (Å²) >= 11 is 1.39. The largest absolute Gasteiger partial charge is 0.294 e. The van der Waals surface area contributed by atoms with Gasteiger partial charge in [0.05, 0.1) is 10.4 Å². The summed E-state index contributed by atoms with van der Waals surface area (Å²) in [5.74, 6) is -0.0966. The van der Waals surface area contributed by atoms with Gasteiger partial charge < -0.3 is 0 Å². The summed E-state index contributed by atoms with van der Waals surface area (Å²) in [4.78, 5) is 31.6. The molecule has 0 radical (unpaired) electrons. The summed E-state index contributed by atoms with van der Waals surface area (Å²) in [6.45, 7) is 4.00. The molecule has 0 N–H and O–H groups in total. The summed E-state index contributed by atoms with van der Waals surface area (Å²) < 4.78 is 0. The van der Waals surface area contributed by atoms with E-state index in [9.17, 15) is 9.59 Å². The first kappa shape index (κ1) is 15.2. The van der Waals surface area contributed by atoms with Crippen molar-refractivity contribution in [1.82, 2.24) is 9.97 Å². The highest BCUT2D eigenvalue weighted by Gasteiger charge is 2.11. The molecule has 0 amide bonds. The monoisotopic (exact) mass is 276 g/mol. The summed E-state index contributed by atoms with van der Waals surface area (Å²) in [6.07, 6.45) is 4.72. The Morgan fingerprint density at radius 3 is 2.32 bits per heavy atom. The minimum atomic E-state index is -0.101. The van der Waals surface area contributed by atoms with Gasteiger partial charge >= 0.3 is 0 Å². The fourth-order valence-corrected chi connectivity index (χ4v) is 2.07. The van der Waals surface area contributed by atoms with Gasteiger partial charge in [0.15, 0.2) is 11.6 Å². The predicted molar refractivity (Wildman–Crippen MR) is 75.6 cm³/mol. The zero-order valence-electron chi connectivity index (χ0n) is 11.0. The van der Waals surface area contributed by atoms with Crippen LogP contribution in [0, 0.1) is 0 Å². The number of ketones is 2. The van der Waals surface area contributed by atoms with Crippen molar-refractivity contribution in [3.63, 3.8) is 0 Å². The van der Waals surface area contributed by atoms with Crippen molar-refractivity contribution >= 4 is 22.9 Å². The second-order valence-electron chi connectivity index (χ2n) is 3.45. The van der Waals surface area contributed by atoms with Crippen molar-refractivity contribution in [1.29, 1.82) is 0 Å². The molecule has 0 bridgehead atoms. The Morgan fingerprint density at radius 2 is 1.74 bits per heavy atom. The number of carbonyl (C=O) groups excluding carboxylic acids is 2. The predicted octanol–water partition coefficient (Wildman–Crippen LogP) is 3.41. The molecule has 4 nitrogen and oxygen atoms in total. The molecule has 2 heterocycles. The first-order chi connectivity index (χ1) is 9.27. The topological polar surface area (TPSA) is 59.9 Å². The van der Waals surface area contributed by atoms with E-state index in [0.717, 1.165) is 0 Å².